The predicted octanol–water partition coefficient (Wildman–Crippen LogP) is 2.21. The van der Waals surface area contributed by atoms with E-state index in [0.29, 0.717) is 4.88 Å². The predicted molar refractivity (Wildman–Crippen MR) is 66.1 cm³/mol. The number of carbonyl (C=O) groups is 1. The Labute approximate surface area is 97.9 Å². The van der Waals surface area contributed by atoms with Gasteiger partial charge in [0.15, 0.2) is 0 Å². The summed E-state index contributed by atoms with van der Waals surface area (Å²) < 4.78 is 0. The molecule has 0 fully saturated rings. The van der Waals surface area contributed by atoms with Crippen molar-refractivity contribution < 1.29 is 9.90 Å². The summed E-state index contributed by atoms with van der Waals surface area (Å²) in [7, 11) is 0. The van der Waals surface area contributed by atoms with Crippen molar-refractivity contribution in [3.05, 3.63) is 21.4 Å². The first-order chi connectivity index (χ1) is 7.15. The van der Waals surface area contributed by atoms with Crippen LogP contribution in [0.1, 0.15) is 20.1 Å². The summed E-state index contributed by atoms with van der Waals surface area (Å²) in [4.78, 5) is 12.2. The number of aryl methyl sites for hydroxylation is 1. The molecule has 0 aliphatic carbocycles. The summed E-state index contributed by atoms with van der Waals surface area (Å²) in [5, 5.41) is 12.1. The minimum atomic E-state index is -0.835. The zero-order valence-electron chi connectivity index (χ0n) is 8.87. The zero-order valence-corrected chi connectivity index (χ0v) is 10.5. The fourth-order valence-corrected chi connectivity index (χ4v) is 2.43. The highest BCUT2D eigenvalue weighted by Crippen LogP contribution is 2.21. The van der Waals surface area contributed by atoms with Gasteiger partial charge in [0, 0.05) is 23.7 Å². The molecular weight excluding hydrogens is 230 g/mol. The molecule has 0 amide bonds. The van der Waals surface area contributed by atoms with E-state index >= 15 is 0 Å². The highest BCUT2D eigenvalue weighted by Gasteiger charge is 2.10. The van der Waals surface area contributed by atoms with Gasteiger partial charge in [0.05, 0.1) is 0 Å². The molecule has 0 atom stereocenters. The summed E-state index contributed by atoms with van der Waals surface area (Å²) in [5.74, 6) is 0.244. The van der Waals surface area contributed by atoms with Crippen molar-refractivity contribution in [2.24, 2.45) is 0 Å². The van der Waals surface area contributed by atoms with Gasteiger partial charge in [0.2, 0.25) is 0 Å². The molecule has 0 aromatic carbocycles. The molecule has 0 unspecified atom stereocenters. The van der Waals surface area contributed by atoms with Gasteiger partial charge < -0.3 is 10.4 Å². The normalized spacial score (nSPS) is 10.5. The number of aromatic carboxylic acids is 1. The lowest BCUT2D eigenvalue weighted by Crippen LogP contribution is -2.16. The third-order valence-electron chi connectivity index (χ3n) is 2.03. The molecule has 1 heterocycles. The second kappa shape index (κ2) is 6.15. The molecule has 1 aromatic rings. The standard InChI is InChI=1S/C10H15NO2S2/c1-7-8(6-11-3-4-14-2)5-9(15-7)10(12)13/h5,11H,3-4,6H2,1-2H3,(H,12,13). The van der Waals surface area contributed by atoms with Gasteiger partial charge in [-0.3, -0.25) is 0 Å². The highest BCUT2D eigenvalue weighted by atomic mass is 32.2. The van der Waals surface area contributed by atoms with E-state index in [1.807, 2.05) is 6.92 Å². The molecule has 0 saturated heterocycles. The van der Waals surface area contributed by atoms with Gasteiger partial charge in [-0.25, -0.2) is 4.79 Å². The van der Waals surface area contributed by atoms with Crippen LogP contribution in [0, 0.1) is 6.92 Å². The van der Waals surface area contributed by atoms with Crippen LogP contribution in [-0.4, -0.2) is 29.6 Å². The minimum Gasteiger partial charge on any atom is -0.477 e. The maximum atomic E-state index is 10.7. The van der Waals surface area contributed by atoms with Crippen molar-refractivity contribution in [2.75, 3.05) is 18.6 Å². The number of carboxylic acids is 1. The van der Waals surface area contributed by atoms with Crippen LogP contribution in [0.15, 0.2) is 6.07 Å². The lowest BCUT2D eigenvalue weighted by molar-refractivity contribution is 0.0702. The van der Waals surface area contributed by atoms with Crippen molar-refractivity contribution in [1.82, 2.24) is 5.32 Å². The second-order valence-corrected chi connectivity index (χ2v) is 5.41. The van der Waals surface area contributed by atoms with E-state index in [4.69, 9.17) is 5.11 Å². The Hall–Kier alpha value is -0.520. The molecule has 0 saturated carbocycles. The lowest BCUT2D eigenvalue weighted by atomic mass is 10.2. The first-order valence-corrected chi connectivity index (χ1v) is 6.88. The summed E-state index contributed by atoms with van der Waals surface area (Å²) >= 11 is 3.14. The zero-order chi connectivity index (χ0) is 11.3. The van der Waals surface area contributed by atoms with Crippen LogP contribution in [-0.2, 0) is 6.54 Å². The Balaban J connectivity index is 2.50. The third kappa shape index (κ3) is 3.85. The van der Waals surface area contributed by atoms with E-state index in [-0.39, 0.29) is 0 Å². The van der Waals surface area contributed by atoms with Crippen molar-refractivity contribution >= 4 is 29.1 Å². The molecule has 15 heavy (non-hydrogen) atoms. The van der Waals surface area contributed by atoms with E-state index in [9.17, 15) is 4.79 Å². The average molecular weight is 245 g/mol. The van der Waals surface area contributed by atoms with Crippen LogP contribution in [0.5, 0.6) is 0 Å². The van der Waals surface area contributed by atoms with Crippen LogP contribution in [0.2, 0.25) is 0 Å². The fraction of sp³-hybridized carbons (Fsp3) is 0.500. The molecule has 84 valence electrons. The molecule has 1 aromatic heterocycles. The summed E-state index contributed by atoms with van der Waals surface area (Å²) in [6.45, 7) is 3.68. The Morgan fingerprint density at radius 1 is 1.67 bits per heavy atom. The van der Waals surface area contributed by atoms with Crippen molar-refractivity contribution in [1.29, 1.82) is 0 Å². The molecule has 1 rings (SSSR count). The van der Waals surface area contributed by atoms with Gasteiger partial charge in [-0.1, -0.05) is 0 Å². The molecule has 0 bridgehead atoms. The topological polar surface area (TPSA) is 49.3 Å². The van der Waals surface area contributed by atoms with E-state index in [2.05, 4.69) is 11.6 Å². The second-order valence-electron chi connectivity index (χ2n) is 3.17. The molecule has 0 radical (unpaired) electrons. The Kier molecular flexibility index (Phi) is 5.14. The van der Waals surface area contributed by atoms with E-state index in [1.165, 1.54) is 11.3 Å². The Bertz CT molecular complexity index is 336. The highest BCUT2D eigenvalue weighted by molar-refractivity contribution is 7.98. The summed E-state index contributed by atoms with van der Waals surface area (Å²) in [6, 6.07) is 1.76. The number of hydrogen-bond acceptors (Lipinski definition) is 4. The largest absolute Gasteiger partial charge is 0.477 e. The molecular formula is C10H15NO2S2. The quantitative estimate of drug-likeness (QED) is 0.754. The fourth-order valence-electron chi connectivity index (χ4n) is 1.20. The third-order valence-corrected chi connectivity index (χ3v) is 3.72. The molecule has 0 spiro atoms. The summed E-state index contributed by atoms with van der Waals surface area (Å²) in [5.41, 5.74) is 1.10. The van der Waals surface area contributed by atoms with E-state index in [1.54, 1.807) is 17.8 Å². The maximum absolute atomic E-state index is 10.7. The Morgan fingerprint density at radius 2 is 2.40 bits per heavy atom. The van der Waals surface area contributed by atoms with Crippen LogP contribution in [0.25, 0.3) is 0 Å². The number of hydrogen-bond donors (Lipinski definition) is 2. The summed E-state index contributed by atoms with van der Waals surface area (Å²) in [6.07, 6.45) is 2.07. The number of thiophene rings is 1. The van der Waals surface area contributed by atoms with E-state index in [0.717, 1.165) is 29.3 Å². The van der Waals surface area contributed by atoms with Crippen molar-refractivity contribution in [3.63, 3.8) is 0 Å². The van der Waals surface area contributed by atoms with Gasteiger partial charge >= 0.3 is 5.97 Å². The smallest absolute Gasteiger partial charge is 0.345 e. The van der Waals surface area contributed by atoms with Crippen LogP contribution < -0.4 is 5.32 Å². The number of carboxylic acid groups (broad SMARTS) is 1. The van der Waals surface area contributed by atoms with Crippen LogP contribution >= 0.6 is 23.1 Å². The molecule has 2 N–H and O–H groups in total. The SMILES string of the molecule is CSCCNCc1cc(C(=O)O)sc1C. The molecule has 0 aliphatic rings. The van der Waals surface area contributed by atoms with Gasteiger partial charge in [-0.2, -0.15) is 11.8 Å². The maximum Gasteiger partial charge on any atom is 0.345 e. The number of rotatable bonds is 6. The van der Waals surface area contributed by atoms with Crippen molar-refractivity contribution in [3.8, 4) is 0 Å². The van der Waals surface area contributed by atoms with Gasteiger partial charge in [0.1, 0.15) is 4.88 Å². The van der Waals surface area contributed by atoms with Gasteiger partial charge in [-0.05, 0) is 24.8 Å². The molecule has 0 aliphatic heterocycles. The van der Waals surface area contributed by atoms with Gasteiger partial charge in [-0.15, -0.1) is 11.3 Å². The van der Waals surface area contributed by atoms with Crippen LogP contribution in [0.3, 0.4) is 0 Å². The lowest BCUT2D eigenvalue weighted by Gasteiger charge is -2.02. The average Bonchev–Trinajstić information content (AvgIpc) is 2.55. The molecule has 5 heteroatoms. The Morgan fingerprint density at radius 3 is 2.93 bits per heavy atom. The minimum absolute atomic E-state index is 0.425. The first kappa shape index (κ1) is 12.5. The van der Waals surface area contributed by atoms with Crippen molar-refractivity contribution in [2.45, 2.75) is 13.5 Å². The first-order valence-electron chi connectivity index (χ1n) is 4.67. The number of nitrogens with one attached hydrogen (secondary N) is 1. The van der Waals surface area contributed by atoms with Crippen LogP contribution in [0.4, 0.5) is 0 Å². The molecule has 3 nitrogen and oxygen atoms in total. The number of thioether (sulfide) groups is 1. The van der Waals surface area contributed by atoms with E-state index < -0.39 is 5.97 Å². The van der Waals surface area contributed by atoms with Gasteiger partial charge in [0.25, 0.3) is 0 Å². The monoisotopic (exact) mass is 245 g/mol.